The maximum atomic E-state index is 5.56. The second kappa shape index (κ2) is 3.35. The molecule has 3 nitrogen and oxygen atoms in total. The first kappa shape index (κ1) is 7.92. The van der Waals surface area contributed by atoms with Crippen molar-refractivity contribution >= 4 is 0 Å². The summed E-state index contributed by atoms with van der Waals surface area (Å²) in [5.74, 6) is 1.86. The van der Waals surface area contributed by atoms with E-state index >= 15 is 0 Å². The van der Waals surface area contributed by atoms with E-state index in [0.717, 1.165) is 19.8 Å². The van der Waals surface area contributed by atoms with Crippen LogP contribution in [0.5, 0.6) is 0 Å². The molecule has 0 spiro atoms. The van der Waals surface area contributed by atoms with Crippen LogP contribution in [0.4, 0.5) is 0 Å². The summed E-state index contributed by atoms with van der Waals surface area (Å²) < 4.78 is 5.56. The van der Waals surface area contributed by atoms with Gasteiger partial charge in [0.25, 0.3) is 0 Å². The maximum absolute atomic E-state index is 5.56. The van der Waals surface area contributed by atoms with Crippen LogP contribution in [0.15, 0.2) is 12.0 Å². The zero-order valence-corrected chi connectivity index (χ0v) is 7.55. The third-order valence-corrected chi connectivity index (χ3v) is 2.52. The van der Waals surface area contributed by atoms with Crippen molar-refractivity contribution in [1.29, 1.82) is 0 Å². The van der Waals surface area contributed by atoms with Crippen molar-refractivity contribution in [2.24, 2.45) is 5.92 Å². The third-order valence-electron chi connectivity index (χ3n) is 2.52. The van der Waals surface area contributed by atoms with E-state index in [1.54, 1.807) is 0 Å². The Morgan fingerprint density at radius 2 is 2.25 bits per heavy atom. The summed E-state index contributed by atoms with van der Waals surface area (Å²) in [7, 11) is 2.05. The lowest BCUT2D eigenvalue weighted by Gasteiger charge is -2.22. The lowest BCUT2D eigenvalue weighted by molar-refractivity contribution is 0.140. The Bertz CT molecular complexity index is 185. The highest BCUT2D eigenvalue weighted by atomic mass is 16.5. The predicted molar refractivity (Wildman–Crippen MR) is 47.4 cm³/mol. The highest BCUT2D eigenvalue weighted by Gasteiger charge is 2.22. The topological polar surface area (TPSA) is 24.5 Å². The Labute approximate surface area is 73.4 Å². The number of rotatable bonds is 1. The molecule has 3 heteroatoms. The minimum atomic E-state index is 0.663. The fraction of sp³-hybridized carbons (Fsp3) is 0.778. The second-order valence-corrected chi connectivity index (χ2v) is 3.59. The molecular weight excluding hydrogens is 152 g/mol. The lowest BCUT2D eigenvalue weighted by atomic mass is 9.96. The van der Waals surface area contributed by atoms with E-state index in [1.165, 1.54) is 18.6 Å². The molecule has 2 heterocycles. The van der Waals surface area contributed by atoms with Crippen LogP contribution in [0.1, 0.15) is 12.8 Å². The van der Waals surface area contributed by atoms with Gasteiger partial charge in [-0.2, -0.15) is 0 Å². The summed E-state index contributed by atoms with van der Waals surface area (Å²) in [4.78, 5) is 2.09. The molecule has 0 atom stereocenters. The Kier molecular flexibility index (Phi) is 2.21. The van der Waals surface area contributed by atoms with Crippen molar-refractivity contribution in [2.75, 3.05) is 26.9 Å². The number of ether oxygens (including phenoxy) is 1. The highest BCUT2D eigenvalue weighted by molar-refractivity contribution is 5.02. The molecule has 0 amide bonds. The number of allylic oxidation sites excluding steroid dienone is 1. The average Bonchev–Trinajstić information content (AvgIpc) is 2.54. The van der Waals surface area contributed by atoms with Crippen LogP contribution >= 0.6 is 0 Å². The van der Waals surface area contributed by atoms with E-state index in [1.807, 2.05) is 7.05 Å². The Balaban J connectivity index is 1.94. The summed E-state index contributed by atoms with van der Waals surface area (Å²) in [5, 5.41) is 3.35. The molecule has 1 saturated heterocycles. The predicted octanol–water partition coefficient (Wildman–Crippen LogP) is 0.747. The van der Waals surface area contributed by atoms with Crippen molar-refractivity contribution in [1.82, 2.24) is 10.2 Å². The van der Waals surface area contributed by atoms with Gasteiger partial charge in [0, 0.05) is 19.2 Å². The van der Waals surface area contributed by atoms with E-state index in [2.05, 4.69) is 16.4 Å². The standard InChI is InChI=1S/C9H16N2O/c1-11-6-9(12-7-11)8-2-4-10-5-3-8/h6,8,10H,2-5,7H2,1H3. The molecule has 68 valence electrons. The largest absolute Gasteiger partial charge is 0.476 e. The molecule has 2 aliphatic rings. The van der Waals surface area contributed by atoms with E-state index in [4.69, 9.17) is 4.74 Å². The van der Waals surface area contributed by atoms with Crippen molar-refractivity contribution < 1.29 is 4.74 Å². The molecule has 2 rings (SSSR count). The first-order valence-electron chi connectivity index (χ1n) is 4.62. The minimum absolute atomic E-state index is 0.663. The van der Waals surface area contributed by atoms with Crippen LogP contribution in [0, 0.1) is 5.92 Å². The molecular formula is C9H16N2O. The van der Waals surface area contributed by atoms with Gasteiger partial charge in [0.05, 0.1) is 0 Å². The normalized spacial score (nSPS) is 25.4. The number of hydrogen-bond acceptors (Lipinski definition) is 3. The van der Waals surface area contributed by atoms with Crippen molar-refractivity contribution in [3.8, 4) is 0 Å². The lowest BCUT2D eigenvalue weighted by Crippen LogP contribution is -2.28. The van der Waals surface area contributed by atoms with Crippen LogP contribution in [-0.2, 0) is 4.74 Å². The molecule has 0 radical (unpaired) electrons. The highest BCUT2D eigenvalue weighted by Crippen LogP contribution is 2.25. The molecule has 0 aromatic heterocycles. The van der Waals surface area contributed by atoms with Gasteiger partial charge in [-0.25, -0.2) is 0 Å². The van der Waals surface area contributed by atoms with Gasteiger partial charge in [0.15, 0.2) is 6.73 Å². The summed E-state index contributed by atoms with van der Waals surface area (Å²) in [6.07, 6.45) is 4.58. The summed E-state index contributed by atoms with van der Waals surface area (Å²) in [6.45, 7) is 3.00. The zero-order valence-electron chi connectivity index (χ0n) is 7.55. The zero-order chi connectivity index (χ0) is 8.39. The first-order valence-corrected chi connectivity index (χ1v) is 4.62. The Hall–Kier alpha value is -0.700. The number of hydrogen-bond donors (Lipinski definition) is 1. The smallest absolute Gasteiger partial charge is 0.160 e. The van der Waals surface area contributed by atoms with Crippen LogP contribution in [0.25, 0.3) is 0 Å². The summed E-state index contributed by atoms with van der Waals surface area (Å²) >= 11 is 0. The van der Waals surface area contributed by atoms with Crippen molar-refractivity contribution in [3.05, 3.63) is 12.0 Å². The molecule has 0 aliphatic carbocycles. The van der Waals surface area contributed by atoms with Gasteiger partial charge in [-0.05, 0) is 25.9 Å². The molecule has 0 unspecified atom stereocenters. The third kappa shape index (κ3) is 1.55. The number of nitrogens with zero attached hydrogens (tertiary/aromatic N) is 1. The van der Waals surface area contributed by atoms with Gasteiger partial charge in [0.2, 0.25) is 0 Å². The van der Waals surface area contributed by atoms with Crippen LogP contribution in [-0.4, -0.2) is 31.8 Å². The fourth-order valence-corrected chi connectivity index (χ4v) is 1.80. The Morgan fingerprint density at radius 1 is 1.50 bits per heavy atom. The van der Waals surface area contributed by atoms with Crippen LogP contribution in [0.2, 0.25) is 0 Å². The molecule has 12 heavy (non-hydrogen) atoms. The van der Waals surface area contributed by atoms with E-state index < -0.39 is 0 Å². The van der Waals surface area contributed by atoms with Crippen LogP contribution < -0.4 is 5.32 Å². The molecule has 1 N–H and O–H groups in total. The summed E-state index contributed by atoms with van der Waals surface area (Å²) in [5.41, 5.74) is 0. The van der Waals surface area contributed by atoms with Gasteiger partial charge in [-0.1, -0.05) is 0 Å². The molecule has 0 aromatic rings. The minimum Gasteiger partial charge on any atom is -0.476 e. The van der Waals surface area contributed by atoms with Gasteiger partial charge in [-0.3, -0.25) is 0 Å². The van der Waals surface area contributed by atoms with Gasteiger partial charge >= 0.3 is 0 Å². The first-order chi connectivity index (χ1) is 5.86. The van der Waals surface area contributed by atoms with Crippen molar-refractivity contribution in [3.63, 3.8) is 0 Å². The van der Waals surface area contributed by atoms with E-state index in [9.17, 15) is 0 Å². The van der Waals surface area contributed by atoms with Gasteiger partial charge in [0.1, 0.15) is 5.76 Å². The van der Waals surface area contributed by atoms with Crippen LogP contribution in [0.3, 0.4) is 0 Å². The molecule has 0 bridgehead atoms. The molecule has 0 aromatic carbocycles. The molecule has 1 fully saturated rings. The summed E-state index contributed by atoms with van der Waals surface area (Å²) in [6, 6.07) is 0. The number of piperidine rings is 1. The average molecular weight is 168 g/mol. The SMILES string of the molecule is CN1C=C(C2CCNCC2)OC1. The fourth-order valence-electron chi connectivity index (χ4n) is 1.80. The molecule has 2 aliphatic heterocycles. The quantitative estimate of drug-likeness (QED) is 0.625. The monoisotopic (exact) mass is 168 g/mol. The maximum Gasteiger partial charge on any atom is 0.160 e. The Morgan fingerprint density at radius 3 is 2.83 bits per heavy atom. The van der Waals surface area contributed by atoms with E-state index in [-0.39, 0.29) is 0 Å². The second-order valence-electron chi connectivity index (χ2n) is 3.59. The van der Waals surface area contributed by atoms with Crippen molar-refractivity contribution in [2.45, 2.75) is 12.8 Å². The van der Waals surface area contributed by atoms with E-state index in [0.29, 0.717) is 5.92 Å². The van der Waals surface area contributed by atoms with Gasteiger partial charge < -0.3 is 15.0 Å². The molecule has 0 saturated carbocycles. The van der Waals surface area contributed by atoms with Gasteiger partial charge in [-0.15, -0.1) is 0 Å². The number of nitrogens with one attached hydrogen (secondary N) is 1.